The first-order chi connectivity index (χ1) is 7.31. The Balaban J connectivity index is 1.54. The van der Waals surface area contributed by atoms with E-state index in [1.54, 1.807) is 0 Å². The van der Waals surface area contributed by atoms with Crippen LogP contribution in [-0.4, -0.2) is 10.6 Å². The molecular weight excluding hydrogens is 184 g/mol. The van der Waals surface area contributed by atoms with Gasteiger partial charge in [-0.25, -0.2) is 0 Å². The third kappa shape index (κ3) is 1.83. The molecule has 3 rings (SSSR count). The smallest absolute Gasteiger partial charge is 0.0223 e. The molecule has 0 aromatic carbocycles. The summed E-state index contributed by atoms with van der Waals surface area (Å²) in [4.78, 5) is 0. The highest BCUT2D eigenvalue weighted by molar-refractivity contribution is 5.10. The van der Waals surface area contributed by atoms with Gasteiger partial charge in [0.2, 0.25) is 0 Å². The lowest BCUT2D eigenvalue weighted by Gasteiger charge is -2.22. The van der Waals surface area contributed by atoms with E-state index < -0.39 is 0 Å². The quantitative estimate of drug-likeness (QED) is 0.799. The van der Waals surface area contributed by atoms with Gasteiger partial charge in [0.05, 0.1) is 0 Å². The molecule has 1 aromatic rings. The fraction of sp³-hybridized carbons (Fsp3) is 0.692. The van der Waals surface area contributed by atoms with Crippen LogP contribution in [0, 0.1) is 11.8 Å². The summed E-state index contributed by atoms with van der Waals surface area (Å²) in [6.45, 7) is 1.05. The van der Waals surface area contributed by atoms with Gasteiger partial charge >= 0.3 is 0 Å². The molecule has 2 bridgehead atoms. The van der Waals surface area contributed by atoms with Gasteiger partial charge in [-0.2, -0.15) is 0 Å². The molecule has 2 aliphatic rings. The molecule has 2 heteroatoms. The first-order valence-corrected chi connectivity index (χ1v) is 6.15. The standard InChI is InChI=1S/C13H20N2/c1-15-5-4-11(9-15)8-14-13-7-10-2-3-12(13)6-10/h4-5,9-10,12-14H,2-3,6-8H2,1H3. The number of nitrogens with one attached hydrogen (secondary N) is 1. The summed E-state index contributed by atoms with van der Waals surface area (Å²) < 4.78 is 2.12. The Kier molecular flexibility index (Phi) is 2.32. The van der Waals surface area contributed by atoms with Crippen molar-refractivity contribution in [1.82, 2.24) is 9.88 Å². The maximum Gasteiger partial charge on any atom is 0.0223 e. The van der Waals surface area contributed by atoms with Crippen LogP contribution in [0.5, 0.6) is 0 Å². The van der Waals surface area contributed by atoms with E-state index >= 15 is 0 Å². The van der Waals surface area contributed by atoms with E-state index in [2.05, 4.69) is 35.4 Å². The highest BCUT2D eigenvalue weighted by Crippen LogP contribution is 2.44. The van der Waals surface area contributed by atoms with E-state index in [4.69, 9.17) is 0 Å². The number of rotatable bonds is 3. The van der Waals surface area contributed by atoms with Gasteiger partial charge in [-0.15, -0.1) is 0 Å². The van der Waals surface area contributed by atoms with Crippen molar-refractivity contribution in [3.63, 3.8) is 0 Å². The first kappa shape index (κ1) is 9.46. The summed E-state index contributed by atoms with van der Waals surface area (Å²) >= 11 is 0. The average Bonchev–Trinajstić information content (AvgIpc) is 2.90. The monoisotopic (exact) mass is 204 g/mol. The SMILES string of the molecule is Cn1ccc(CNC2CC3CCC2C3)c1. The minimum Gasteiger partial charge on any atom is -0.357 e. The van der Waals surface area contributed by atoms with Gasteiger partial charge < -0.3 is 9.88 Å². The van der Waals surface area contributed by atoms with Crippen LogP contribution in [0.3, 0.4) is 0 Å². The summed E-state index contributed by atoms with van der Waals surface area (Å²) in [5.74, 6) is 2.03. The van der Waals surface area contributed by atoms with Gasteiger partial charge in [0.25, 0.3) is 0 Å². The maximum absolute atomic E-state index is 3.73. The summed E-state index contributed by atoms with van der Waals surface area (Å²) in [5, 5.41) is 3.73. The second-order valence-corrected chi connectivity index (χ2v) is 5.35. The topological polar surface area (TPSA) is 17.0 Å². The zero-order valence-corrected chi connectivity index (χ0v) is 9.45. The summed E-state index contributed by atoms with van der Waals surface area (Å²) in [6, 6.07) is 3.02. The van der Waals surface area contributed by atoms with E-state index in [-0.39, 0.29) is 0 Å². The first-order valence-electron chi connectivity index (χ1n) is 6.15. The van der Waals surface area contributed by atoms with Crippen LogP contribution in [0.2, 0.25) is 0 Å². The Bertz CT molecular complexity index is 342. The minimum atomic E-state index is 0.809. The average molecular weight is 204 g/mol. The van der Waals surface area contributed by atoms with Crippen molar-refractivity contribution in [2.75, 3.05) is 0 Å². The van der Waals surface area contributed by atoms with Gasteiger partial charge in [0.15, 0.2) is 0 Å². The van der Waals surface area contributed by atoms with Gasteiger partial charge in [-0.05, 0) is 42.7 Å². The Labute approximate surface area is 91.7 Å². The third-order valence-electron chi connectivity index (χ3n) is 4.20. The molecule has 2 saturated carbocycles. The zero-order chi connectivity index (χ0) is 10.3. The van der Waals surface area contributed by atoms with Crippen molar-refractivity contribution >= 4 is 0 Å². The zero-order valence-electron chi connectivity index (χ0n) is 9.45. The second-order valence-electron chi connectivity index (χ2n) is 5.35. The molecule has 1 N–H and O–H groups in total. The number of aromatic nitrogens is 1. The fourth-order valence-electron chi connectivity index (χ4n) is 3.41. The Hall–Kier alpha value is -0.760. The number of fused-ring (bicyclic) bond motifs is 2. The molecule has 0 aliphatic heterocycles. The van der Waals surface area contributed by atoms with Crippen LogP contribution in [0.15, 0.2) is 18.5 Å². The Morgan fingerprint density at radius 3 is 2.93 bits per heavy atom. The van der Waals surface area contributed by atoms with Crippen molar-refractivity contribution in [3.8, 4) is 0 Å². The van der Waals surface area contributed by atoms with Crippen LogP contribution < -0.4 is 5.32 Å². The van der Waals surface area contributed by atoms with Crippen molar-refractivity contribution in [2.24, 2.45) is 18.9 Å². The molecule has 0 saturated heterocycles. The lowest BCUT2D eigenvalue weighted by atomic mass is 9.95. The van der Waals surface area contributed by atoms with E-state index in [9.17, 15) is 0 Å². The number of nitrogens with zero attached hydrogens (tertiary/aromatic N) is 1. The predicted molar refractivity (Wildman–Crippen MR) is 61.5 cm³/mol. The molecule has 3 atom stereocenters. The van der Waals surface area contributed by atoms with Crippen LogP contribution in [0.4, 0.5) is 0 Å². The molecule has 1 aromatic heterocycles. The maximum atomic E-state index is 3.73. The highest BCUT2D eigenvalue weighted by atomic mass is 14.9. The van der Waals surface area contributed by atoms with E-state index in [0.717, 1.165) is 24.4 Å². The van der Waals surface area contributed by atoms with Crippen molar-refractivity contribution in [2.45, 2.75) is 38.3 Å². The second kappa shape index (κ2) is 3.67. The molecule has 0 amide bonds. The number of aryl methyl sites for hydroxylation is 1. The molecule has 0 spiro atoms. The van der Waals surface area contributed by atoms with E-state index in [1.165, 1.54) is 31.2 Å². The Morgan fingerprint density at radius 2 is 2.33 bits per heavy atom. The third-order valence-corrected chi connectivity index (χ3v) is 4.20. The van der Waals surface area contributed by atoms with Gasteiger partial charge in [0.1, 0.15) is 0 Å². The summed E-state index contributed by atoms with van der Waals surface area (Å²) in [7, 11) is 2.08. The van der Waals surface area contributed by atoms with Gasteiger partial charge in [0, 0.05) is 32.0 Å². The molecule has 0 radical (unpaired) electrons. The number of hydrogen-bond donors (Lipinski definition) is 1. The normalized spacial score (nSPS) is 33.8. The molecule has 82 valence electrons. The van der Waals surface area contributed by atoms with Crippen molar-refractivity contribution in [3.05, 3.63) is 24.0 Å². The molecule has 2 fully saturated rings. The largest absolute Gasteiger partial charge is 0.357 e. The van der Waals surface area contributed by atoms with Crippen LogP contribution in [-0.2, 0) is 13.6 Å². The molecule has 2 nitrogen and oxygen atoms in total. The highest BCUT2D eigenvalue weighted by Gasteiger charge is 2.38. The minimum absolute atomic E-state index is 0.809. The summed E-state index contributed by atoms with van der Waals surface area (Å²) in [6.07, 6.45) is 10.2. The molecule has 3 unspecified atom stereocenters. The fourth-order valence-corrected chi connectivity index (χ4v) is 3.41. The molecular formula is C13H20N2. The summed E-state index contributed by atoms with van der Waals surface area (Å²) in [5.41, 5.74) is 1.42. The molecule has 15 heavy (non-hydrogen) atoms. The van der Waals surface area contributed by atoms with E-state index in [0.29, 0.717) is 0 Å². The van der Waals surface area contributed by atoms with Gasteiger partial charge in [-0.1, -0.05) is 6.42 Å². The molecule has 1 heterocycles. The van der Waals surface area contributed by atoms with E-state index in [1.807, 2.05) is 0 Å². The molecule has 2 aliphatic carbocycles. The van der Waals surface area contributed by atoms with Crippen molar-refractivity contribution < 1.29 is 0 Å². The van der Waals surface area contributed by atoms with Crippen LogP contribution >= 0.6 is 0 Å². The Morgan fingerprint density at radius 1 is 1.40 bits per heavy atom. The van der Waals surface area contributed by atoms with Crippen LogP contribution in [0.1, 0.15) is 31.2 Å². The van der Waals surface area contributed by atoms with Crippen LogP contribution in [0.25, 0.3) is 0 Å². The van der Waals surface area contributed by atoms with Gasteiger partial charge in [-0.3, -0.25) is 0 Å². The predicted octanol–water partition coefficient (Wildman–Crippen LogP) is 2.30. The number of hydrogen-bond acceptors (Lipinski definition) is 1. The van der Waals surface area contributed by atoms with Crippen molar-refractivity contribution in [1.29, 1.82) is 0 Å². The lowest BCUT2D eigenvalue weighted by Crippen LogP contribution is -2.33. The lowest BCUT2D eigenvalue weighted by molar-refractivity contribution is 0.350.